The molecule has 21 heavy (non-hydrogen) atoms. The number of pyridine rings is 1. The number of thiazole rings is 1. The quantitative estimate of drug-likeness (QED) is 0.714. The maximum absolute atomic E-state index is 12.9. The Morgan fingerprint density at radius 2 is 2.00 bits per heavy atom. The minimum atomic E-state index is -0.247. The average Bonchev–Trinajstić information content (AvgIpc) is 2.96. The van der Waals surface area contributed by atoms with E-state index in [1.54, 1.807) is 18.3 Å². The fourth-order valence-corrected chi connectivity index (χ4v) is 2.83. The second-order valence-electron chi connectivity index (χ2n) is 4.35. The van der Waals surface area contributed by atoms with Crippen molar-refractivity contribution in [1.82, 2.24) is 9.97 Å². The number of nitrogens with one attached hydrogen (secondary N) is 1. The van der Waals surface area contributed by atoms with Crippen LogP contribution in [0.1, 0.15) is 5.69 Å². The van der Waals surface area contributed by atoms with Crippen molar-refractivity contribution >= 4 is 28.6 Å². The highest BCUT2D eigenvalue weighted by molar-refractivity contribution is 7.13. The van der Waals surface area contributed by atoms with E-state index >= 15 is 0 Å². The lowest BCUT2D eigenvalue weighted by atomic mass is 10.2. The van der Waals surface area contributed by atoms with Crippen molar-refractivity contribution < 1.29 is 4.39 Å². The highest BCUT2D eigenvalue weighted by Crippen LogP contribution is 2.25. The van der Waals surface area contributed by atoms with Crippen LogP contribution in [0.15, 0.2) is 48.0 Å². The van der Waals surface area contributed by atoms with Gasteiger partial charge >= 0.3 is 0 Å². The molecular formula is C15H11ClFN3S. The summed E-state index contributed by atoms with van der Waals surface area (Å²) < 4.78 is 12.9. The Kier molecular flexibility index (Phi) is 4.13. The molecule has 0 bridgehead atoms. The zero-order valence-electron chi connectivity index (χ0n) is 10.9. The molecule has 2 aromatic heterocycles. The first kappa shape index (κ1) is 14.0. The molecule has 0 radical (unpaired) electrons. The number of anilines is 1. The summed E-state index contributed by atoms with van der Waals surface area (Å²) in [5.74, 6) is -0.247. The number of benzene rings is 1. The van der Waals surface area contributed by atoms with E-state index in [1.807, 2.05) is 17.5 Å². The van der Waals surface area contributed by atoms with Gasteiger partial charge in [0, 0.05) is 17.1 Å². The van der Waals surface area contributed by atoms with E-state index in [-0.39, 0.29) is 5.82 Å². The van der Waals surface area contributed by atoms with E-state index in [4.69, 9.17) is 11.6 Å². The molecule has 0 aliphatic heterocycles. The normalized spacial score (nSPS) is 10.6. The summed E-state index contributed by atoms with van der Waals surface area (Å²) >= 11 is 7.51. The first-order valence-corrected chi connectivity index (χ1v) is 7.53. The summed E-state index contributed by atoms with van der Waals surface area (Å²) in [6.45, 7) is 0.559. The molecule has 0 atom stereocenters. The lowest BCUT2D eigenvalue weighted by molar-refractivity contribution is 0.628. The lowest BCUT2D eigenvalue weighted by Gasteiger charge is -2.05. The van der Waals surface area contributed by atoms with E-state index in [0.717, 1.165) is 22.0 Å². The molecule has 1 aromatic carbocycles. The average molecular weight is 320 g/mol. The molecule has 0 aliphatic rings. The fourth-order valence-electron chi connectivity index (χ4n) is 1.82. The van der Waals surface area contributed by atoms with Gasteiger partial charge in [-0.05, 0) is 36.4 Å². The molecule has 1 N–H and O–H groups in total. The third-order valence-electron chi connectivity index (χ3n) is 2.86. The predicted octanol–water partition coefficient (Wildman–Crippen LogP) is 4.61. The van der Waals surface area contributed by atoms with Crippen molar-refractivity contribution in [2.75, 3.05) is 5.32 Å². The minimum Gasteiger partial charge on any atom is -0.377 e. The molecule has 0 spiro atoms. The molecular weight excluding hydrogens is 309 g/mol. The second-order valence-corrected chi connectivity index (χ2v) is 5.56. The highest BCUT2D eigenvalue weighted by atomic mass is 35.5. The SMILES string of the molecule is Fc1ccc(-c2nc(CNc3cccnc3Cl)cs2)cc1. The van der Waals surface area contributed by atoms with E-state index in [2.05, 4.69) is 15.3 Å². The Bertz CT molecular complexity index is 743. The van der Waals surface area contributed by atoms with Crippen LogP contribution in [0.5, 0.6) is 0 Å². The smallest absolute Gasteiger partial charge is 0.152 e. The monoisotopic (exact) mass is 319 g/mol. The van der Waals surface area contributed by atoms with Gasteiger partial charge in [-0.1, -0.05) is 11.6 Å². The van der Waals surface area contributed by atoms with Gasteiger partial charge in [0.2, 0.25) is 0 Å². The summed E-state index contributed by atoms with van der Waals surface area (Å²) in [6.07, 6.45) is 1.64. The summed E-state index contributed by atoms with van der Waals surface area (Å²) in [7, 11) is 0. The molecule has 6 heteroatoms. The zero-order chi connectivity index (χ0) is 14.7. The Morgan fingerprint density at radius 1 is 1.19 bits per heavy atom. The van der Waals surface area contributed by atoms with Crippen LogP contribution in [0.4, 0.5) is 10.1 Å². The van der Waals surface area contributed by atoms with E-state index in [9.17, 15) is 4.39 Å². The standard InChI is InChI=1S/C15H11ClFN3S/c16-14-13(2-1-7-18-14)19-8-12-9-21-15(20-12)10-3-5-11(17)6-4-10/h1-7,9,19H,8H2. The van der Waals surface area contributed by atoms with Crippen molar-refractivity contribution in [3.05, 3.63) is 64.6 Å². The summed E-state index contributed by atoms with van der Waals surface area (Å²) in [5, 5.41) is 6.46. The Labute approximate surface area is 130 Å². The molecule has 0 unspecified atom stereocenters. The number of hydrogen-bond acceptors (Lipinski definition) is 4. The van der Waals surface area contributed by atoms with Crippen molar-refractivity contribution in [3.8, 4) is 10.6 Å². The summed E-state index contributed by atoms with van der Waals surface area (Å²) in [5.41, 5.74) is 2.59. The van der Waals surface area contributed by atoms with Crippen LogP contribution < -0.4 is 5.32 Å². The van der Waals surface area contributed by atoms with Gasteiger partial charge < -0.3 is 5.32 Å². The lowest BCUT2D eigenvalue weighted by Crippen LogP contribution is -2.00. The number of nitrogens with zero attached hydrogens (tertiary/aromatic N) is 2. The summed E-state index contributed by atoms with van der Waals surface area (Å²) in [4.78, 5) is 8.53. The molecule has 0 saturated carbocycles. The molecule has 3 rings (SSSR count). The molecule has 3 aromatic rings. The van der Waals surface area contributed by atoms with E-state index < -0.39 is 0 Å². The van der Waals surface area contributed by atoms with Crippen LogP contribution in [0.3, 0.4) is 0 Å². The van der Waals surface area contributed by atoms with Crippen LogP contribution in [0, 0.1) is 5.82 Å². The van der Waals surface area contributed by atoms with Crippen LogP contribution in [0.25, 0.3) is 10.6 Å². The summed E-state index contributed by atoms with van der Waals surface area (Å²) in [6, 6.07) is 10.0. The number of rotatable bonds is 4. The van der Waals surface area contributed by atoms with Crippen molar-refractivity contribution in [2.24, 2.45) is 0 Å². The van der Waals surface area contributed by atoms with Crippen LogP contribution >= 0.6 is 22.9 Å². The van der Waals surface area contributed by atoms with Gasteiger partial charge in [0.25, 0.3) is 0 Å². The third kappa shape index (κ3) is 3.37. The maximum Gasteiger partial charge on any atom is 0.152 e. The predicted molar refractivity (Wildman–Crippen MR) is 84.1 cm³/mol. The van der Waals surface area contributed by atoms with Gasteiger partial charge in [-0.25, -0.2) is 14.4 Å². The van der Waals surface area contributed by atoms with Crippen LogP contribution in [0.2, 0.25) is 5.15 Å². The topological polar surface area (TPSA) is 37.8 Å². The van der Waals surface area contributed by atoms with Gasteiger partial charge in [-0.2, -0.15) is 0 Å². The van der Waals surface area contributed by atoms with Gasteiger partial charge in [-0.15, -0.1) is 11.3 Å². The fraction of sp³-hybridized carbons (Fsp3) is 0.0667. The van der Waals surface area contributed by atoms with Gasteiger partial charge in [0.15, 0.2) is 5.15 Å². The molecule has 3 nitrogen and oxygen atoms in total. The molecule has 0 fully saturated rings. The van der Waals surface area contributed by atoms with E-state index in [0.29, 0.717) is 11.7 Å². The zero-order valence-corrected chi connectivity index (χ0v) is 12.5. The Hall–Kier alpha value is -1.98. The Morgan fingerprint density at radius 3 is 2.76 bits per heavy atom. The highest BCUT2D eigenvalue weighted by Gasteiger charge is 2.06. The molecule has 0 amide bonds. The second kappa shape index (κ2) is 6.20. The first-order chi connectivity index (χ1) is 10.2. The number of hydrogen-bond donors (Lipinski definition) is 1. The van der Waals surface area contributed by atoms with Crippen molar-refractivity contribution in [1.29, 1.82) is 0 Å². The van der Waals surface area contributed by atoms with Crippen LogP contribution in [-0.2, 0) is 6.54 Å². The number of aromatic nitrogens is 2. The maximum atomic E-state index is 12.9. The van der Waals surface area contributed by atoms with Gasteiger partial charge in [0.05, 0.1) is 17.9 Å². The molecule has 2 heterocycles. The minimum absolute atomic E-state index is 0.247. The van der Waals surface area contributed by atoms with Gasteiger partial charge in [0.1, 0.15) is 10.8 Å². The first-order valence-electron chi connectivity index (χ1n) is 6.27. The Balaban J connectivity index is 1.71. The molecule has 0 saturated heterocycles. The van der Waals surface area contributed by atoms with Gasteiger partial charge in [-0.3, -0.25) is 0 Å². The van der Waals surface area contributed by atoms with E-state index in [1.165, 1.54) is 23.5 Å². The molecule has 0 aliphatic carbocycles. The third-order valence-corrected chi connectivity index (χ3v) is 4.10. The largest absolute Gasteiger partial charge is 0.377 e. The molecule has 106 valence electrons. The van der Waals surface area contributed by atoms with Crippen molar-refractivity contribution in [3.63, 3.8) is 0 Å². The van der Waals surface area contributed by atoms with Crippen molar-refractivity contribution in [2.45, 2.75) is 6.54 Å². The van der Waals surface area contributed by atoms with Crippen LogP contribution in [-0.4, -0.2) is 9.97 Å². The number of halogens is 2.